The SMILES string of the molecule is CCCNC(CN(C)c1ccccc1F)C(=O)OCC. The van der Waals surface area contributed by atoms with E-state index < -0.39 is 6.04 Å². The number of rotatable bonds is 8. The van der Waals surface area contributed by atoms with Crippen LogP contribution in [-0.4, -0.2) is 38.8 Å². The molecular weight excluding hydrogens is 259 g/mol. The third-order valence-corrected chi connectivity index (χ3v) is 2.93. The summed E-state index contributed by atoms with van der Waals surface area (Å²) in [5.41, 5.74) is 0.472. The number of hydrogen-bond acceptors (Lipinski definition) is 4. The number of esters is 1. The van der Waals surface area contributed by atoms with Crippen molar-refractivity contribution in [1.29, 1.82) is 0 Å². The normalized spacial score (nSPS) is 12.0. The highest BCUT2D eigenvalue weighted by molar-refractivity contribution is 5.76. The lowest BCUT2D eigenvalue weighted by Crippen LogP contribution is -2.46. The summed E-state index contributed by atoms with van der Waals surface area (Å²) in [6.45, 7) is 5.21. The van der Waals surface area contributed by atoms with E-state index in [1.54, 1.807) is 37.1 Å². The number of carbonyl (C=O) groups excluding carboxylic acids is 1. The standard InChI is InChI=1S/C15H23FN2O2/c1-4-10-17-13(15(19)20-5-2)11-18(3)14-9-7-6-8-12(14)16/h6-9,13,17H,4-5,10-11H2,1-3H3. The number of benzene rings is 1. The van der Waals surface area contributed by atoms with E-state index in [2.05, 4.69) is 5.32 Å². The van der Waals surface area contributed by atoms with Gasteiger partial charge in [-0.1, -0.05) is 19.1 Å². The average Bonchev–Trinajstić information content (AvgIpc) is 2.43. The molecule has 0 amide bonds. The van der Waals surface area contributed by atoms with Gasteiger partial charge in [-0.25, -0.2) is 4.39 Å². The molecule has 1 aromatic carbocycles. The topological polar surface area (TPSA) is 41.6 Å². The second kappa shape index (κ2) is 8.53. The zero-order valence-corrected chi connectivity index (χ0v) is 12.4. The van der Waals surface area contributed by atoms with E-state index >= 15 is 0 Å². The van der Waals surface area contributed by atoms with Crippen LogP contribution < -0.4 is 10.2 Å². The Bertz CT molecular complexity index is 426. The van der Waals surface area contributed by atoms with E-state index in [4.69, 9.17) is 4.74 Å². The molecular formula is C15H23FN2O2. The van der Waals surface area contributed by atoms with Crippen molar-refractivity contribution in [3.63, 3.8) is 0 Å². The Labute approximate surface area is 119 Å². The van der Waals surface area contributed by atoms with Crippen molar-refractivity contribution in [3.8, 4) is 0 Å². The minimum Gasteiger partial charge on any atom is -0.465 e. The number of nitrogens with one attached hydrogen (secondary N) is 1. The predicted octanol–water partition coefficient (Wildman–Crippen LogP) is 2.19. The first-order chi connectivity index (χ1) is 9.60. The van der Waals surface area contributed by atoms with Crippen molar-refractivity contribution in [2.45, 2.75) is 26.3 Å². The van der Waals surface area contributed by atoms with Gasteiger partial charge in [0.1, 0.15) is 11.9 Å². The van der Waals surface area contributed by atoms with Gasteiger partial charge in [-0.05, 0) is 32.0 Å². The van der Waals surface area contributed by atoms with Crippen molar-refractivity contribution < 1.29 is 13.9 Å². The molecule has 1 N–H and O–H groups in total. The summed E-state index contributed by atoms with van der Waals surface area (Å²) in [5, 5.41) is 3.14. The van der Waals surface area contributed by atoms with Crippen LogP contribution >= 0.6 is 0 Å². The lowest BCUT2D eigenvalue weighted by Gasteiger charge is -2.25. The molecule has 4 nitrogen and oxygen atoms in total. The van der Waals surface area contributed by atoms with E-state index in [9.17, 15) is 9.18 Å². The Balaban J connectivity index is 2.73. The van der Waals surface area contributed by atoms with Crippen molar-refractivity contribution in [2.24, 2.45) is 0 Å². The summed E-state index contributed by atoms with van der Waals surface area (Å²) in [6.07, 6.45) is 0.916. The van der Waals surface area contributed by atoms with Gasteiger partial charge in [0.25, 0.3) is 0 Å². The lowest BCUT2D eigenvalue weighted by atomic mass is 10.2. The van der Waals surface area contributed by atoms with Gasteiger partial charge in [-0.15, -0.1) is 0 Å². The van der Waals surface area contributed by atoms with Crippen LogP contribution in [0.3, 0.4) is 0 Å². The van der Waals surface area contributed by atoms with Crippen LogP contribution in [0.25, 0.3) is 0 Å². The van der Waals surface area contributed by atoms with Crippen LogP contribution in [-0.2, 0) is 9.53 Å². The molecule has 0 heterocycles. The quantitative estimate of drug-likeness (QED) is 0.742. The highest BCUT2D eigenvalue weighted by Gasteiger charge is 2.21. The maximum absolute atomic E-state index is 13.7. The van der Waals surface area contributed by atoms with Gasteiger partial charge in [0, 0.05) is 13.6 Å². The summed E-state index contributed by atoms with van der Waals surface area (Å²) in [5.74, 6) is -0.600. The largest absolute Gasteiger partial charge is 0.465 e. The van der Waals surface area contributed by atoms with E-state index in [-0.39, 0.29) is 11.8 Å². The van der Waals surface area contributed by atoms with Crippen LogP contribution in [0.4, 0.5) is 10.1 Å². The maximum Gasteiger partial charge on any atom is 0.324 e. The first-order valence-electron chi connectivity index (χ1n) is 6.95. The molecule has 0 aliphatic carbocycles. The first-order valence-corrected chi connectivity index (χ1v) is 6.95. The molecule has 5 heteroatoms. The minimum atomic E-state index is -0.459. The second-order valence-electron chi connectivity index (χ2n) is 4.59. The molecule has 1 aromatic rings. The van der Waals surface area contributed by atoms with E-state index in [1.807, 2.05) is 6.92 Å². The van der Waals surface area contributed by atoms with Crippen LogP contribution in [0.1, 0.15) is 20.3 Å². The number of nitrogens with zero attached hydrogens (tertiary/aromatic N) is 1. The van der Waals surface area contributed by atoms with Gasteiger partial charge in [0.15, 0.2) is 0 Å². The number of para-hydroxylation sites is 1. The second-order valence-corrected chi connectivity index (χ2v) is 4.59. The molecule has 0 aliphatic rings. The fraction of sp³-hybridized carbons (Fsp3) is 0.533. The van der Waals surface area contributed by atoms with E-state index in [1.165, 1.54) is 6.07 Å². The number of carbonyl (C=O) groups is 1. The van der Waals surface area contributed by atoms with Crippen LogP contribution in [0, 0.1) is 5.82 Å². The Kier molecular flexibility index (Phi) is 7.01. The number of halogens is 1. The molecule has 1 atom stereocenters. The molecule has 0 spiro atoms. The molecule has 0 saturated heterocycles. The lowest BCUT2D eigenvalue weighted by molar-refractivity contribution is -0.145. The Hall–Kier alpha value is -1.62. The minimum absolute atomic E-state index is 0.298. The summed E-state index contributed by atoms with van der Waals surface area (Å²) >= 11 is 0. The number of ether oxygens (including phenoxy) is 1. The van der Waals surface area contributed by atoms with Gasteiger partial charge in [0.05, 0.1) is 12.3 Å². The zero-order valence-electron chi connectivity index (χ0n) is 12.4. The van der Waals surface area contributed by atoms with E-state index in [0.717, 1.165) is 6.42 Å². The molecule has 0 fully saturated rings. The molecule has 20 heavy (non-hydrogen) atoms. The molecule has 0 radical (unpaired) electrons. The first kappa shape index (κ1) is 16.4. The van der Waals surface area contributed by atoms with Gasteiger partial charge in [-0.2, -0.15) is 0 Å². The highest BCUT2D eigenvalue weighted by atomic mass is 19.1. The third kappa shape index (κ3) is 4.81. The van der Waals surface area contributed by atoms with Crippen molar-refractivity contribution >= 4 is 11.7 Å². The van der Waals surface area contributed by atoms with Crippen molar-refractivity contribution in [3.05, 3.63) is 30.1 Å². The average molecular weight is 282 g/mol. The summed E-state index contributed by atoms with van der Waals surface area (Å²) in [7, 11) is 1.76. The van der Waals surface area contributed by atoms with Crippen molar-refractivity contribution in [2.75, 3.05) is 31.6 Å². The highest BCUT2D eigenvalue weighted by Crippen LogP contribution is 2.17. The van der Waals surface area contributed by atoms with E-state index in [0.29, 0.717) is 25.4 Å². The Morgan fingerprint density at radius 3 is 2.70 bits per heavy atom. The molecule has 0 aliphatic heterocycles. The fourth-order valence-electron chi connectivity index (χ4n) is 1.92. The van der Waals surface area contributed by atoms with Crippen LogP contribution in [0.5, 0.6) is 0 Å². The third-order valence-electron chi connectivity index (χ3n) is 2.93. The Morgan fingerprint density at radius 1 is 1.40 bits per heavy atom. The fourth-order valence-corrected chi connectivity index (χ4v) is 1.92. The monoisotopic (exact) mass is 282 g/mol. The Morgan fingerprint density at radius 2 is 2.10 bits per heavy atom. The van der Waals surface area contributed by atoms with Gasteiger partial charge < -0.3 is 15.0 Å². The van der Waals surface area contributed by atoms with Crippen LogP contribution in [0.15, 0.2) is 24.3 Å². The maximum atomic E-state index is 13.7. The predicted molar refractivity (Wildman–Crippen MR) is 78.4 cm³/mol. The smallest absolute Gasteiger partial charge is 0.324 e. The van der Waals surface area contributed by atoms with Gasteiger partial charge in [-0.3, -0.25) is 4.79 Å². The number of likely N-dealkylation sites (N-methyl/N-ethyl adjacent to an activating group) is 1. The molecule has 0 aromatic heterocycles. The number of hydrogen-bond donors (Lipinski definition) is 1. The molecule has 0 saturated carbocycles. The molecule has 112 valence electrons. The van der Waals surface area contributed by atoms with Crippen molar-refractivity contribution in [1.82, 2.24) is 5.32 Å². The van der Waals surface area contributed by atoms with Gasteiger partial charge in [0.2, 0.25) is 0 Å². The summed E-state index contributed by atoms with van der Waals surface area (Å²) in [4.78, 5) is 13.6. The van der Waals surface area contributed by atoms with Crippen LogP contribution in [0.2, 0.25) is 0 Å². The molecule has 1 rings (SSSR count). The zero-order chi connectivity index (χ0) is 15.0. The molecule has 0 bridgehead atoms. The van der Waals surface area contributed by atoms with Gasteiger partial charge >= 0.3 is 5.97 Å². The number of anilines is 1. The summed E-state index contributed by atoms with van der Waals surface area (Å²) < 4.78 is 18.8. The molecule has 1 unspecified atom stereocenters. The summed E-state index contributed by atoms with van der Waals surface area (Å²) in [6, 6.07) is 6.06.